The van der Waals surface area contributed by atoms with Crippen LogP contribution in [0, 0.1) is 0 Å². The summed E-state index contributed by atoms with van der Waals surface area (Å²) in [6.07, 6.45) is 1.14. The number of nitrogens with one attached hydrogen (secondary N) is 1. The molecule has 2 aromatic carbocycles. The Bertz CT molecular complexity index is 949. The van der Waals surface area contributed by atoms with Crippen LogP contribution in [0.1, 0.15) is 18.1 Å². The van der Waals surface area contributed by atoms with E-state index in [-0.39, 0.29) is 17.1 Å². The first-order valence-corrected chi connectivity index (χ1v) is 13.1. The molecule has 0 saturated carbocycles. The van der Waals surface area contributed by atoms with Gasteiger partial charge in [-0.05, 0) is 24.6 Å². The van der Waals surface area contributed by atoms with Gasteiger partial charge in [-0.1, -0.05) is 72.4 Å². The molecule has 0 aliphatic carbocycles. The van der Waals surface area contributed by atoms with Crippen molar-refractivity contribution in [3.05, 3.63) is 71.8 Å². The number of thioether (sulfide) groups is 1. The molecule has 0 bridgehead atoms. The fraction of sp³-hybridized carbons (Fsp3) is 0.444. The van der Waals surface area contributed by atoms with Gasteiger partial charge >= 0.3 is 6.03 Å². The van der Waals surface area contributed by atoms with Crippen LogP contribution in [-0.2, 0) is 22.4 Å². The van der Waals surface area contributed by atoms with Crippen LogP contribution in [0.15, 0.2) is 60.7 Å². The van der Waals surface area contributed by atoms with E-state index in [4.69, 9.17) is 0 Å². The molecule has 7 nitrogen and oxygen atoms in total. The number of likely N-dealkylation sites (N-methyl/N-ethyl adjacent to an activating group) is 1. The summed E-state index contributed by atoms with van der Waals surface area (Å²) >= 11 is 1.21. The van der Waals surface area contributed by atoms with E-state index in [2.05, 4.69) is 17.3 Å². The van der Waals surface area contributed by atoms with Crippen molar-refractivity contribution < 1.29 is 14.4 Å². The van der Waals surface area contributed by atoms with Crippen molar-refractivity contribution in [2.45, 2.75) is 25.8 Å². The lowest BCUT2D eigenvalue weighted by molar-refractivity contribution is -0.134. The molecule has 1 fully saturated rings. The van der Waals surface area contributed by atoms with Gasteiger partial charge in [0.2, 0.25) is 5.91 Å². The maximum absolute atomic E-state index is 13.5. The average Bonchev–Trinajstić information content (AvgIpc) is 2.86. The van der Waals surface area contributed by atoms with Crippen LogP contribution in [0.5, 0.6) is 0 Å². The molecule has 0 spiro atoms. The zero-order valence-electron chi connectivity index (χ0n) is 20.7. The van der Waals surface area contributed by atoms with Gasteiger partial charge in [0.15, 0.2) is 5.12 Å². The van der Waals surface area contributed by atoms with Gasteiger partial charge in [-0.15, -0.1) is 0 Å². The number of amides is 3. The van der Waals surface area contributed by atoms with Crippen molar-refractivity contribution in [2.24, 2.45) is 0 Å². The van der Waals surface area contributed by atoms with Crippen molar-refractivity contribution in [1.29, 1.82) is 0 Å². The minimum Gasteiger partial charge on any atom is -0.338 e. The molecule has 1 heterocycles. The number of hydrogen-bond acceptors (Lipinski definition) is 5. The van der Waals surface area contributed by atoms with Gasteiger partial charge < -0.3 is 20.0 Å². The highest BCUT2D eigenvalue weighted by Gasteiger charge is 2.29. The molecule has 1 unspecified atom stereocenters. The summed E-state index contributed by atoms with van der Waals surface area (Å²) in [5, 5.41) is 3.06. The molecule has 1 saturated heterocycles. The molecule has 1 atom stereocenters. The quantitative estimate of drug-likeness (QED) is 0.548. The van der Waals surface area contributed by atoms with Crippen molar-refractivity contribution >= 4 is 28.8 Å². The summed E-state index contributed by atoms with van der Waals surface area (Å²) in [7, 11) is 2.05. The second kappa shape index (κ2) is 13.9. The highest BCUT2D eigenvalue weighted by Crippen LogP contribution is 2.11. The number of piperazine rings is 1. The van der Waals surface area contributed by atoms with Crippen molar-refractivity contribution in [2.75, 3.05) is 52.1 Å². The smallest absolute Gasteiger partial charge is 0.318 e. The van der Waals surface area contributed by atoms with E-state index >= 15 is 0 Å². The predicted octanol–water partition coefficient (Wildman–Crippen LogP) is 2.91. The topological polar surface area (TPSA) is 73.0 Å². The van der Waals surface area contributed by atoms with E-state index in [1.807, 2.05) is 65.6 Å². The van der Waals surface area contributed by atoms with Gasteiger partial charge in [-0.25, -0.2) is 4.79 Å². The van der Waals surface area contributed by atoms with Crippen LogP contribution in [0.25, 0.3) is 0 Å². The van der Waals surface area contributed by atoms with Gasteiger partial charge in [0.05, 0.1) is 0 Å². The first-order chi connectivity index (χ1) is 16.9. The Kier molecular flexibility index (Phi) is 10.6. The lowest BCUT2D eigenvalue weighted by Gasteiger charge is -2.35. The number of benzene rings is 2. The number of carbonyl (C=O) groups is 3. The zero-order valence-corrected chi connectivity index (χ0v) is 21.5. The SMILES string of the molecule is CC(=O)SCCN(CCc1ccccc1)C(=O)NC(Cc1ccccc1)C(=O)N1CCN(C)CC1. The van der Waals surface area contributed by atoms with Crippen LogP contribution in [0.2, 0.25) is 0 Å². The number of rotatable bonds is 10. The summed E-state index contributed by atoms with van der Waals surface area (Å²) < 4.78 is 0. The zero-order chi connectivity index (χ0) is 25.0. The first-order valence-electron chi connectivity index (χ1n) is 12.2. The summed E-state index contributed by atoms with van der Waals surface area (Å²) in [5.74, 6) is 0.476. The fourth-order valence-corrected chi connectivity index (χ4v) is 4.66. The van der Waals surface area contributed by atoms with Gasteiger partial charge in [-0.2, -0.15) is 0 Å². The molecular weight excluding hydrogens is 460 g/mol. The lowest BCUT2D eigenvalue weighted by Crippen LogP contribution is -2.57. The fourth-order valence-electron chi connectivity index (χ4n) is 4.06. The molecule has 0 radical (unpaired) electrons. The number of carbonyl (C=O) groups excluding carboxylic acids is 3. The third-order valence-electron chi connectivity index (χ3n) is 6.16. The molecule has 1 aliphatic rings. The number of hydrogen-bond donors (Lipinski definition) is 1. The molecule has 3 amide bonds. The summed E-state index contributed by atoms with van der Waals surface area (Å²) in [4.78, 5) is 44.1. The maximum atomic E-state index is 13.5. The van der Waals surface area contributed by atoms with Crippen LogP contribution in [0.3, 0.4) is 0 Å². The Morgan fingerprint density at radius 3 is 2.11 bits per heavy atom. The minimum absolute atomic E-state index is 0.0283. The molecule has 1 aliphatic heterocycles. The van der Waals surface area contributed by atoms with Gasteiger partial charge in [0, 0.05) is 58.4 Å². The van der Waals surface area contributed by atoms with Crippen molar-refractivity contribution in [1.82, 2.24) is 20.0 Å². The van der Waals surface area contributed by atoms with Crippen molar-refractivity contribution in [3.8, 4) is 0 Å². The molecule has 0 aromatic heterocycles. The second-order valence-corrected chi connectivity index (χ2v) is 10.2. The molecule has 3 rings (SSSR count). The largest absolute Gasteiger partial charge is 0.338 e. The molecule has 2 aromatic rings. The third kappa shape index (κ3) is 9.03. The third-order valence-corrected chi connectivity index (χ3v) is 6.95. The molecule has 35 heavy (non-hydrogen) atoms. The highest BCUT2D eigenvalue weighted by atomic mass is 32.2. The van der Waals surface area contributed by atoms with Crippen LogP contribution >= 0.6 is 11.8 Å². The Balaban J connectivity index is 1.71. The van der Waals surface area contributed by atoms with E-state index in [0.29, 0.717) is 44.8 Å². The Labute approximate surface area is 212 Å². The molecule has 188 valence electrons. The Hall–Kier alpha value is -2.84. The summed E-state index contributed by atoms with van der Waals surface area (Å²) in [6, 6.07) is 18.9. The van der Waals surface area contributed by atoms with Gasteiger partial charge in [-0.3, -0.25) is 9.59 Å². The van der Waals surface area contributed by atoms with E-state index in [1.165, 1.54) is 18.7 Å². The van der Waals surface area contributed by atoms with E-state index in [9.17, 15) is 14.4 Å². The predicted molar refractivity (Wildman–Crippen MR) is 141 cm³/mol. The monoisotopic (exact) mass is 496 g/mol. The molecule has 1 N–H and O–H groups in total. The average molecular weight is 497 g/mol. The summed E-state index contributed by atoms with van der Waals surface area (Å²) in [5.41, 5.74) is 2.14. The number of nitrogens with zero attached hydrogens (tertiary/aromatic N) is 3. The number of urea groups is 1. The van der Waals surface area contributed by atoms with Crippen LogP contribution < -0.4 is 5.32 Å². The van der Waals surface area contributed by atoms with Gasteiger partial charge in [0.1, 0.15) is 6.04 Å². The Morgan fingerprint density at radius 1 is 0.914 bits per heavy atom. The summed E-state index contributed by atoms with van der Waals surface area (Å²) in [6.45, 7) is 5.43. The highest BCUT2D eigenvalue weighted by molar-refractivity contribution is 8.13. The standard InChI is InChI=1S/C27H36N4O3S/c1-22(32)35-20-19-31(14-13-23-9-5-3-6-10-23)27(34)28-25(21-24-11-7-4-8-12-24)26(33)30-17-15-29(2)16-18-30/h3-12,25H,13-21H2,1-2H3,(H,28,34). The normalized spacial score (nSPS) is 14.9. The van der Waals surface area contributed by atoms with Gasteiger partial charge in [0.25, 0.3) is 0 Å². The van der Waals surface area contributed by atoms with E-state index in [1.54, 1.807) is 4.90 Å². The lowest BCUT2D eigenvalue weighted by atomic mass is 10.0. The molecule has 8 heteroatoms. The van der Waals surface area contributed by atoms with Crippen LogP contribution in [0.4, 0.5) is 4.79 Å². The van der Waals surface area contributed by atoms with Crippen molar-refractivity contribution in [3.63, 3.8) is 0 Å². The first kappa shape index (κ1) is 26.8. The van der Waals surface area contributed by atoms with E-state index < -0.39 is 6.04 Å². The minimum atomic E-state index is -0.645. The van der Waals surface area contributed by atoms with E-state index in [0.717, 1.165) is 24.2 Å². The molecular formula is C27H36N4O3S. The van der Waals surface area contributed by atoms with Crippen LogP contribution in [-0.4, -0.2) is 89.9 Å². The maximum Gasteiger partial charge on any atom is 0.318 e. The second-order valence-electron chi connectivity index (χ2n) is 8.88. The Morgan fingerprint density at radius 2 is 1.51 bits per heavy atom.